The van der Waals surface area contributed by atoms with E-state index in [2.05, 4.69) is 38.1 Å². The van der Waals surface area contributed by atoms with Crippen LogP contribution < -0.4 is 9.47 Å². The van der Waals surface area contributed by atoms with Crippen LogP contribution in [0.3, 0.4) is 0 Å². The molecule has 3 aliphatic rings. The van der Waals surface area contributed by atoms with Gasteiger partial charge in [0.2, 0.25) is 0 Å². The molecule has 0 aromatic heterocycles. The van der Waals surface area contributed by atoms with E-state index >= 15 is 0 Å². The lowest BCUT2D eigenvalue weighted by atomic mass is 9.93. The second-order valence-electron chi connectivity index (χ2n) is 5.74. The van der Waals surface area contributed by atoms with Crippen LogP contribution in [0.5, 0.6) is 17.2 Å². The zero-order valence-corrected chi connectivity index (χ0v) is 14.5. The minimum absolute atomic E-state index is 0.106. The molecule has 3 heteroatoms. The van der Waals surface area contributed by atoms with E-state index in [9.17, 15) is 0 Å². The lowest BCUT2D eigenvalue weighted by molar-refractivity contribution is 0.403. The highest BCUT2D eigenvalue weighted by Crippen LogP contribution is 2.45. The fraction of sp³-hybridized carbons (Fsp3) is 0.100. The predicted molar refractivity (Wildman–Crippen MR) is 99.9 cm³/mol. The van der Waals surface area contributed by atoms with E-state index in [1.807, 2.05) is 18.2 Å². The summed E-state index contributed by atoms with van der Waals surface area (Å²) in [5.74, 6) is 3.78. The van der Waals surface area contributed by atoms with E-state index in [1.54, 1.807) is 0 Å². The average Bonchev–Trinajstić information content (AvgIpc) is 2.83. The summed E-state index contributed by atoms with van der Waals surface area (Å²) >= 11 is -0.106. The first-order valence-corrected chi connectivity index (χ1v) is 9.90. The van der Waals surface area contributed by atoms with Crippen LogP contribution in [0.4, 0.5) is 0 Å². The number of hydrogen-bond donors (Lipinski definition) is 0. The third-order valence-electron chi connectivity index (χ3n) is 4.34. The van der Waals surface area contributed by atoms with E-state index in [0.29, 0.717) is 0 Å². The molecule has 0 aliphatic carbocycles. The lowest BCUT2D eigenvalue weighted by Gasteiger charge is -2.27. The smallest absolute Gasteiger partial charge is 0.139 e. The number of allylic oxidation sites excluding steroid dienone is 3. The molecule has 0 atom stereocenters. The summed E-state index contributed by atoms with van der Waals surface area (Å²) in [5, 5.41) is 0. The molecule has 0 saturated heterocycles. The Kier molecular flexibility index (Phi) is 3.03. The van der Waals surface area contributed by atoms with Gasteiger partial charge in [0.15, 0.2) is 0 Å². The van der Waals surface area contributed by atoms with Crippen molar-refractivity contribution in [2.24, 2.45) is 0 Å². The van der Waals surface area contributed by atoms with E-state index < -0.39 is 0 Å². The van der Waals surface area contributed by atoms with Crippen LogP contribution in [0.15, 0.2) is 64.0 Å². The van der Waals surface area contributed by atoms with Crippen LogP contribution in [-0.2, 0) is 12.8 Å². The number of hydrogen-bond acceptors (Lipinski definition) is 2. The molecule has 0 spiro atoms. The highest BCUT2D eigenvalue weighted by Gasteiger charge is 2.26. The highest BCUT2D eigenvalue weighted by atomic mass is 127. The molecule has 2 aromatic rings. The number of rotatable bonds is 0. The van der Waals surface area contributed by atoms with Crippen LogP contribution in [0, 0.1) is 0 Å². The zero-order chi connectivity index (χ0) is 15.2. The maximum absolute atomic E-state index is 6.28. The van der Waals surface area contributed by atoms with Crippen molar-refractivity contribution in [3.63, 3.8) is 0 Å². The molecular weight excluding hydrogens is 399 g/mol. The molecular formula is C20H13IO2. The number of ether oxygens (including phenoxy) is 2. The molecule has 2 nitrogen and oxygen atoms in total. The van der Waals surface area contributed by atoms with Crippen molar-refractivity contribution in [1.29, 1.82) is 0 Å². The van der Waals surface area contributed by atoms with Gasteiger partial charge < -0.3 is 9.47 Å². The number of benzene rings is 2. The van der Waals surface area contributed by atoms with Gasteiger partial charge in [-0.1, -0.05) is 27.9 Å². The van der Waals surface area contributed by atoms with Crippen LogP contribution >= 0.6 is 20.7 Å². The van der Waals surface area contributed by atoms with Crippen LogP contribution in [-0.4, -0.2) is 3.67 Å². The first kappa shape index (κ1) is 13.3. The molecule has 0 bridgehead atoms. The van der Waals surface area contributed by atoms with Crippen molar-refractivity contribution in [2.45, 2.75) is 12.8 Å². The molecule has 3 aliphatic heterocycles. The third-order valence-corrected chi connectivity index (χ3v) is 5.73. The Morgan fingerprint density at radius 1 is 0.913 bits per heavy atom. The minimum Gasteiger partial charge on any atom is -0.457 e. The largest absolute Gasteiger partial charge is 0.457 e. The summed E-state index contributed by atoms with van der Waals surface area (Å²) in [7, 11) is 0. The summed E-state index contributed by atoms with van der Waals surface area (Å²) in [6.45, 7) is 0. The van der Waals surface area contributed by atoms with Crippen molar-refractivity contribution in [3.8, 4) is 17.2 Å². The Morgan fingerprint density at radius 2 is 1.87 bits per heavy atom. The summed E-state index contributed by atoms with van der Waals surface area (Å²) in [5.41, 5.74) is 4.86. The van der Waals surface area contributed by atoms with Crippen molar-refractivity contribution < 1.29 is 9.47 Å². The van der Waals surface area contributed by atoms with Crippen molar-refractivity contribution in [2.75, 3.05) is 0 Å². The van der Waals surface area contributed by atoms with Gasteiger partial charge in [0.25, 0.3) is 0 Å². The summed E-state index contributed by atoms with van der Waals surface area (Å²) in [4.78, 5) is 0. The fourth-order valence-corrected chi connectivity index (χ4v) is 4.49. The van der Waals surface area contributed by atoms with Gasteiger partial charge >= 0.3 is 0 Å². The predicted octanol–water partition coefficient (Wildman–Crippen LogP) is 5.03. The average molecular weight is 412 g/mol. The molecule has 0 saturated carbocycles. The van der Waals surface area contributed by atoms with Crippen LogP contribution in [0.2, 0.25) is 0 Å². The molecule has 23 heavy (non-hydrogen) atoms. The van der Waals surface area contributed by atoms with Gasteiger partial charge in [0.1, 0.15) is 23.0 Å². The van der Waals surface area contributed by atoms with Crippen LogP contribution in [0.1, 0.15) is 16.7 Å². The first-order valence-electron chi connectivity index (χ1n) is 7.58. The SMILES string of the molecule is C1=CC2=C(C=CI=1)Cc1ccc3c(c1O2)Cc1ccccc1O3. The Balaban J connectivity index is 1.62. The van der Waals surface area contributed by atoms with Gasteiger partial charge in [-0.15, -0.1) is 0 Å². The van der Waals surface area contributed by atoms with Crippen molar-refractivity contribution in [1.82, 2.24) is 0 Å². The Labute approximate surface area is 144 Å². The maximum Gasteiger partial charge on any atom is 0.139 e. The Bertz CT molecular complexity index is 960. The van der Waals surface area contributed by atoms with Gasteiger partial charge in [-0.25, -0.2) is 0 Å². The molecule has 0 N–H and O–H groups in total. The second-order valence-corrected chi connectivity index (χ2v) is 7.71. The van der Waals surface area contributed by atoms with Gasteiger partial charge in [-0.3, -0.25) is 0 Å². The van der Waals surface area contributed by atoms with Crippen LogP contribution in [0.25, 0.3) is 0 Å². The van der Waals surface area contributed by atoms with E-state index in [-0.39, 0.29) is 20.7 Å². The quantitative estimate of drug-likeness (QED) is 0.483. The zero-order valence-electron chi connectivity index (χ0n) is 12.3. The molecule has 0 unspecified atom stereocenters. The van der Waals surface area contributed by atoms with Gasteiger partial charge in [-0.05, 0) is 54.1 Å². The molecule has 0 fully saturated rings. The Morgan fingerprint density at radius 3 is 2.87 bits per heavy atom. The molecule has 3 heterocycles. The lowest BCUT2D eigenvalue weighted by Crippen LogP contribution is -2.13. The minimum atomic E-state index is -0.106. The molecule has 5 rings (SSSR count). The summed E-state index contributed by atoms with van der Waals surface area (Å²) < 4.78 is 17.9. The number of fused-ring (bicyclic) bond motifs is 4. The Hall–Kier alpha value is -2.10. The first-order chi connectivity index (χ1) is 11.4. The molecule has 0 amide bonds. The van der Waals surface area contributed by atoms with E-state index in [4.69, 9.17) is 9.47 Å². The standard InChI is InChI=1S/C20H13IO2/c1-2-4-17-13(3-1)12-16-19(22-17)6-5-15-11-14-7-9-21-10-8-18(14)23-20(15)16/h1-9H,11-12H2. The van der Waals surface area contributed by atoms with Gasteiger partial charge in [0, 0.05) is 30.1 Å². The second kappa shape index (κ2) is 5.22. The summed E-state index contributed by atoms with van der Waals surface area (Å²) in [6.07, 6.45) is 5.99. The molecule has 112 valence electrons. The number of para-hydroxylation sites is 1. The summed E-state index contributed by atoms with van der Waals surface area (Å²) in [6, 6.07) is 12.4. The topological polar surface area (TPSA) is 18.5 Å². The van der Waals surface area contributed by atoms with Gasteiger partial charge in [-0.2, -0.15) is 0 Å². The van der Waals surface area contributed by atoms with Crippen molar-refractivity contribution >= 4 is 24.4 Å². The molecule has 2 aromatic carbocycles. The van der Waals surface area contributed by atoms with E-state index in [1.165, 1.54) is 16.7 Å². The molecule has 0 radical (unpaired) electrons. The monoisotopic (exact) mass is 412 g/mol. The van der Waals surface area contributed by atoms with E-state index in [0.717, 1.165) is 41.4 Å². The van der Waals surface area contributed by atoms with Gasteiger partial charge in [0.05, 0.1) is 0 Å². The normalized spacial score (nSPS) is 16.9. The maximum atomic E-state index is 6.28. The third kappa shape index (κ3) is 2.19. The van der Waals surface area contributed by atoms with Crippen molar-refractivity contribution in [3.05, 3.63) is 80.7 Å². The number of halogens is 1. The highest BCUT2D eigenvalue weighted by molar-refractivity contribution is 14.2. The fourth-order valence-electron chi connectivity index (χ4n) is 3.20.